The van der Waals surface area contributed by atoms with E-state index in [9.17, 15) is 4.79 Å². The van der Waals surface area contributed by atoms with Crippen LogP contribution in [0.1, 0.15) is 12.5 Å². The van der Waals surface area contributed by atoms with E-state index in [1.54, 1.807) is 48.1 Å². The summed E-state index contributed by atoms with van der Waals surface area (Å²) in [4.78, 5) is 12.4. The lowest BCUT2D eigenvalue weighted by Gasteiger charge is -2.16. The van der Waals surface area contributed by atoms with Crippen LogP contribution >= 0.6 is 23.2 Å². The van der Waals surface area contributed by atoms with Gasteiger partial charge in [-0.15, -0.1) is 0 Å². The van der Waals surface area contributed by atoms with Crippen LogP contribution in [-0.2, 0) is 11.3 Å². The SMILES string of the molecule is C[C@H](Oc1cccc(Cl)c1)C(=O)Nc1ccnn1Cc1ccccc1Cl. The Balaban J connectivity index is 1.66. The monoisotopic (exact) mass is 389 g/mol. The number of hydrogen-bond donors (Lipinski definition) is 1. The molecule has 1 N–H and O–H groups in total. The van der Waals surface area contributed by atoms with Gasteiger partial charge in [-0.05, 0) is 36.8 Å². The molecular formula is C19H17Cl2N3O2. The van der Waals surface area contributed by atoms with Gasteiger partial charge in [-0.25, -0.2) is 4.68 Å². The van der Waals surface area contributed by atoms with Gasteiger partial charge in [0.2, 0.25) is 0 Å². The van der Waals surface area contributed by atoms with E-state index in [0.717, 1.165) is 5.56 Å². The maximum atomic E-state index is 12.4. The first-order chi connectivity index (χ1) is 12.5. The Bertz CT molecular complexity index is 911. The first kappa shape index (κ1) is 18.3. The highest BCUT2D eigenvalue weighted by atomic mass is 35.5. The van der Waals surface area contributed by atoms with Gasteiger partial charge in [0, 0.05) is 16.1 Å². The number of nitrogens with zero attached hydrogens (tertiary/aromatic N) is 2. The molecule has 3 aromatic rings. The van der Waals surface area contributed by atoms with E-state index >= 15 is 0 Å². The molecule has 1 atom stereocenters. The molecule has 134 valence electrons. The molecule has 1 aromatic heterocycles. The fourth-order valence-corrected chi connectivity index (χ4v) is 2.75. The minimum Gasteiger partial charge on any atom is -0.481 e. The van der Waals surface area contributed by atoms with Crippen molar-refractivity contribution in [1.82, 2.24) is 9.78 Å². The summed E-state index contributed by atoms with van der Waals surface area (Å²) in [6, 6.07) is 16.1. The van der Waals surface area contributed by atoms with E-state index in [4.69, 9.17) is 27.9 Å². The number of anilines is 1. The zero-order chi connectivity index (χ0) is 18.5. The van der Waals surface area contributed by atoms with Gasteiger partial charge in [-0.1, -0.05) is 47.5 Å². The van der Waals surface area contributed by atoms with Crippen LogP contribution in [0, 0.1) is 0 Å². The molecule has 0 bridgehead atoms. The van der Waals surface area contributed by atoms with Crippen molar-refractivity contribution in [3.8, 4) is 5.75 Å². The Morgan fingerprint density at radius 1 is 1.19 bits per heavy atom. The van der Waals surface area contributed by atoms with Crippen molar-refractivity contribution in [2.45, 2.75) is 19.6 Å². The Morgan fingerprint density at radius 2 is 2.00 bits per heavy atom. The summed E-state index contributed by atoms with van der Waals surface area (Å²) in [6.45, 7) is 2.12. The highest BCUT2D eigenvalue weighted by Crippen LogP contribution is 2.20. The summed E-state index contributed by atoms with van der Waals surface area (Å²) in [5, 5.41) is 8.27. The lowest BCUT2D eigenvalue weighted by Crippen LogP contribution is -2.31. The molecule has 1 heterocycles. The minimum atomic E-state index is -0.697. The molecule has 26 heavy (non-hydrogen) atoms. The molecule has 0 saturated carbocycles. The Labute approximate surface area is 161 Å². The quantitative estimate of drug-likeness (QED) is 0.667. The smallest absolute Gasteiger partial charge is 0.266 e. The molecule has 0 fully saturated rings. The Hall–Kier alpha value is -2.50. The summed E-state index contributed by atoms with van der Waals surface area (Å²) in [5.74, 6) is 0.812. The van der Waals surface area contributed by atoms with Gasteiger partial charge in [0.1, 0.15) is 11.6 Å². The topological polar surface area (TPSA) is 56.1 Å². The predicted molar refractivity (Wildman–Crippen MR) is 103 cm³/mol. The third-order valence-corrected chi connectivity index (χ3v) is 4.33. The van der Waals surface area contributed by atoms with Crippen LogP contribution < -0.4 is 10.1 Å². The zero-order valence-electron chi connectivity index (χ0n) is 14.0. The molecule has 0 aliphatic rings. The van der Waals surface area contributed by atoms with E-state index in [2.05, 4.69) is 10.4 Å². The molecule has 7 heteroatoms. The van der Waals surface area contributed by atoms with Crippen LogP contribution in [-0.4, -0.2) is 21.8 Å². The van der Waals surface area contributed by atoms with Crippen LogP contribution in [0.25, 0.3) is 0 Å². The van der Waals surface area contributed by atoms with Gasteiger partial charge < -0.3 is 10.1 Å². The number of hydrogen-bond acceptors (Lipinski definition) is 3. The summed E-state index contributed by atoms with van der Waals surface area (Å²) >= 11 is 12.1. The normalized spacial score (nSPS) is 11.8. The van der Waals surface area contributed by atoms with Gasteiger partial charge in [0.15, 0.2) is 6.10 Å². The van der Waals surface area contributed by atoms with Crippen molar-refractivity contribution < 1.29 is 9.53 Å². The highest BCUT2D eigenvalue weighted by molar-refractivity contribution is 6.31. The van der Waals surface area contributed by atoms with E-state index < -0.39 is 6.10 Å². The molecule has 0 saturated heterocycles. The van der Waals surface area contributed by atoms with Gasteiger partial charge in [0.25, 0.3) is 5.91 Å². The van der Waals surface area contributed by atoms with Crippen LogP contribution in [0.4, 0.5) is 5.82 Å². The predicted octanol–water partition coefficient (Wildman–Crippen LogP) is 4.64. The molecule has 0 radical (unpaired) electrons. The lowest BCUT2D eigenvalue weighted by molar-refractivity contribution is -0.122. The molecule has 0 spiro atoms. The van der Waals surface area contributed by atoms with Crippen LogP contribution in [0.5, 0.6) is 5.75 Å². The summed E-state index contributed by atoms with van der Waals surface area (Å²) < 4.78 is 7.31. The number of halogens is 2. The first-order valence-corrected chi connectivity index (χ1v) is 8.77. The molecule has 2 aromatic carbocycles. The van der Waals surface area contributed by atoms with Crippen molar-refractivity contribution in [2.75, 3.05) is 5.32 Å². The van der Waals surface area contributed by atoms with Gasteiger partial charge in [0.05, 0.1) is 12.7 Å². The van der Waals surface area contributed by atoms with Crippen molar-refractivity contribution >= 4 is 34.9 Å². The van der Waals surface area contributed by atoms with Gasteiger partial charge >= 0.3 is 0 Å². The number of nitrogens with one attached hydrogen (secondary N) is 1. The zero-order valence-corrected chi connectivity index (χ0v) is 15.5. The Morgan fingerprint density at radius 3 is 2.77 bits per heavy atom. The highest BCUT2D eigenvalue weighted by Gasteiger charge is 2.17. The van der Waals surface area contributed by atoms with Crippen molar-refractivity contribution in [3.63, 3.8) is 0 Å². The number of ether oxygens (including phenoxy) is 1. The number of carbonyl (C=O) groups excluding carboxylic acids is 1. The summed E-state index contributed by atoms with van der Waals surface area (Å²) in [6.07, 6.45) is 0.923. The lowest BCUT2D eigenvalue weighted by atomic mass is 10.2. The average Bonchev–Trinajstić information content (AvgIpc) is 3.03. The molecule has 0 aliphatic heterocycles. The fraction of sp³-hybridized carbons (Fsp3) is 0.158. The second kappa shape index (κ2) is 8.25. The summed E-state index contributed by atoms with van der Waals surface area (Å²) in [5.41, 5.74) is 0.914. The van der Waals surface area contributed by atoms with Crippen molar-refractivity contribution in [2.24, 2.45) is 0 Å². The summed E-state index contributed by atoms with van der Waals surface area (Å²) in [7, 11) is 0. The van der Waals surface area contributed by atoms with E-state index in [-0.39, 0.29) is 5.91 Å². The fourth-order valence-electron chi connectivity index (χ4n) is 2.38. The second-order valence-electron chi connectivity index (χ2n) is 5.67. The maximum absolute atomic E-state index is 12.4. The molecule has 5 nitrogen and oxygen atoms in total. The van der Waals surface area contributed by atoms with Crippen LogP contribution in [0.15, 0.2) is 60.8 Å². The first-order valence-electron chi connectivity index (χ1n) is 8.01. The number of benzene rings is 2. The average molecular weight is 390 g/mol. The molecule has 1 amide bonds. The third-order valence-electron chi connectivity index (χ3n) is 3.72. The van der Waals surface area contributed by atoms with Crippen LogP contribution in [0.2, 0.25) is 10.0 Å². The molecular weight excluding hydrogens is 373 g/mol. The van der Waals surface area contributed by atoms with Crippen LogP contribution in [0.3, 0.4) is 0 Å². The largest absolute Gasteiger partial charge is 0.481 e. The minimum absolute atomic E-state index is 0.286. The van der Waals surface area contributed by atoms with Crippen molar-refractivity contribution in [1.29, 1.82) is 0 Å². The third kappa shape index (κ3) is 4.56. The number of carbonyl (C=O) groups is 1. The van der Waals surface area contributed by atoms with E-state index in [1.165, 1.54) is 0 Å². The number of rotatable bonds is 6. The van der Waals surface area contributed by atoms with E-state index in [1.807, 2.05) is 24.3 Å². The standard InChI is InChI=1S/C19H17Cl2N3O2/c1-13(26-16-7-4-6-15(20)11-16)19(25)23-18-9-10-22-24(18)12-14-5-2-3-8-17(14)21/h2-11,13H,12H2,1H3,(H,23,25)/t13-/m0/s1. The second-order valence-corrected chi connectivity index (χ2v) is 6.52. The van der Waals surface area contributed by atoms with Gasteiger partial charge in [-0.3, -0.25) is 4.79 Å². The Kier molecular flexibility index (Phi) is 5.81. The van der Waals surface area contributed by atoms with Crippen molar-refractivity contribution in [3.05, 3.63) is 76.4 Å². The molecule has 3 rings (SSSR count). The van der Waals surface area contributed by atoms with Gasteiger partial charge in [-0.2, -0.15) is 5.10 Å². The molecule has 0 aliphatic carbocycles. The van der Waals surface area contributed by atoms with E-state index in [0.29, 0.717) is 28.2 Å². The maximum Gasteiger partial charge on any atom is 0.266 e. The number of amides is 1. The molecule has 0 unspecified atom stereocenters. The number of aromatic nitrogens is 2.